The third kappa shape index (κ3) is 5.87. The van der Waals surface area contributed by atoms with Crippen LogP contribution in [0.2, 0.25) is 0 Å². The average molecular weight is 399 g/mol. The highest BCUT2D eigenvalue weighted by Gasteiger charge is 2.25. The lowest BCUT2D eigenvalue weighted by atomic mass is 10.3. The number of aliphatic imine (C=N–C) groups is 1. The van der Waals surface area contributed by atoms with Gasteiger partial charge in [-0.25, -0.2) is 14.4 Å². The molecule has 1 saturated heterocycles. The fraction of sp³-hybridized carbons (Fsp3) is 0.400. The third-order valence-corrected chi connectivity index (χ3v) is 4.61. The highest BCUT2D eigenvalue weighted by Crippen LogP contribution is 2.20. The van der Waals surface area contributed by atoms with Gasteiger partial charge >= 0.3 is 0 Å². The van der Waals surface area contributed by atoms with Crippen LogP contribution in [0.4, 0.5) is 16.0 Å². The van der Waals surface area contributed by atoms with E-state index in [1.54, 1.807) is 31.6 Å². The van der Waals surface area contributed by atoms with Crippen LogP contribution in [-0.4, -0.2) is 54.6 Å². The minimum Gasteiger partial charge on any atom is -0.356 e. The van der Waals surface area contributed by atoms with E-state index in [1.807, 2.05) is 17.9 Å². The van der Waals surface area contributed by atoms with Gasteiger partial charge in [0.15, 0.2) is 17.6 Å². The molecule has 1 atom stereocenters. The second kappa shape index (κ2) is 9.81. The Morgan fingerprint density at radius 2 is 2.21 bits per heavy atom. The molecule has 3 N–H and O–H groups in total. The van der Waals surface area contributed by atoms with E-state index in [2.05, 4.69) is 30.9 Å². The smallest absolute Gasteiger partial charge is 0.227 e. The van der Waals surface area contributed by atoms with Gasteiger partial charge in [0.05, 0.1) is 0 Å². The summed E-state index contributed by atoms with van der Waals surface area (Å²) in [5.74, 6) is 1.09. The monoisotopic (exact) mass is 399 g/mol. The molecule has 9 heteroatoms. The van der Waals surface area contributed by atoms with Crippen molar-refractivity contribution in [1.82, 2.24) is 20.6 Å². The molecule has 0 bridgehead atoms. The Hall–Kier alpha value is -3.23. The first-order chi connectivity index (χ1) is 14.0. The van der Waals surface area contributed by atoms with Gasteiger partial charge in [-0.1, -0.05) is 6.07 Å². The number of nitrogens with zero attached hydrogens (tertiary/aromatic N) is 4. The summed E-state index contributed by atoms with van der Waals surface area (Å²) in [4.78, 5) is 26.5. The van der Waals surface area contributed by atoms with Crippen molar-refractivity contribution in [1.29, 1.82) is 0 Å². The van der Waals surface area contributed by atoms with Gasteiger partial charge in [-0.15, -0.1) is 0 Å². The Bertz CT molecular complexity index is 856. The molecule has 29 heavy (non-hydrogen) atoms. The number of guanidine groups is 1. The molecule has 0 aromatic carbocycles. The number of carbonyl (C=O) groups is 1. The number of amides is 1. The van der Waals surface area contributed by atoms with Crippen molar-refractivity contribution in [3.05, 3.63) is 48.0 Å². The summed E-state index contributed by atoms with van der Waals surface area (Å²) < 4.78 is 13.9. The number of carbonyl (C=O) groups excluding carboxylic acids is 1. The van der Waals surface area contributed by atoms with Crippen molar-refractivity contribution in [3.63, 3.8) is 0 Å². The lowest BCUT2D eigenvalue weighted by Crippen LogP contribution is -2.45. The maximum atomic E-state index is 13.9. The highest BCUT2D eigenvalue weighted by atomic mass is 19.1. The molecule has 2 aromatic rings. The molecule has 8 nitrogen and oxygen atoms in total. The maximum Gasteiger partial charge on any atom is 0.227 e. The van der Waals surface area contributed by atoms with E-state index in [0.717, 1.165) is 12.0 Å². The minimum absolute atomic E-state index is 0.119. The Morgan fingerprint density at radius 1 is 1.34 bits per heavy atom. The van der Waals surface area contributed by atoms with Crippen molar-refractivity contribution in [2.45, 2.75) is 25.8 Å². The zero-order chi connectivity index (χ0) is 20.6. The van der Waals surface area contributed by atoms with Crippen molar-refractivity contribution < 1.29 is 9.18 Å². The number of aryl methyl sites for hydroxylation is 1. The second-order valence-corrected chi connectivity index (χ2v) is 6.90. The van der Waals surface area contributed by atoms with E-state index in [0.29, 0.717) is 37.2 Å². The minimum atomic E-state index is -0.315. The first-order valence-corrected chi connectivity index (χ1v) is 9.60. The quantitative estimate of drug-likeness (QED) is 0.506. The van der Waals surface area contributed by atoms with Crippen molar-refractivity contribution in [3.8, 4) is 0 Å². The van der Waals surface area contributed by atoms with Crippen LogP contribution in [0.3, 0.4) is 0 Å². The summed E-state index contributed by atoms with van der Waals surface area (Å²) in [5.41, 5.74) is 1.04. The molecule has 3 rings (SSSR count). The molecule has 0 spiro atoms. The molecule has 0 radical (unpaired) electrons. The summed E-state index contributed by atoms with van der Waals surface area (Å²) in [6, 6.07) is 6.79. The Labute approximate surface area is 169 Å². The molecule has 1 amide bonds. The van der Waals surface area contributed by atoms with Crippen molar-refractivity contribution >= 4 is 23.5 Å². The van der Waals surface area contributed by atoms with E-state index in [4.69, 9.17) is 0 Å². The summed E-state index contributed by atoms with van der Waals surface area (Å²) in [7, 11) is 1.68. The van der Waals surface area contributed by atoms with Crippen LogP contribution in [0.5, 0.6) is 0 Å². The van der Waals surface area contributed by atoms with Gasteiger partial charge in [0.25, 0.3) is 0 Å². The Balaban J connectivity index is 1.41. The fourth-order valence-corrected chi connectivity index (χ4v) is 3.11. The second-order valence-electron chi connectivity index (χ2n) is 6.90. The van der Waals surface area contributed by atoms with Gasteiger partial charge in [0, 0.05) is 51.5 Å². The predicted molar refractivity (Wildman–Crippen MR) is 112 cm³/mol. The zero-order valence-corrected chi connectivity index (χ0v) is 16.7. The summed E-state index contributed by atoms with van der Waals surface area (Å²) >= 11 is 0. The van der Waals surface area contributed by atoms with Crippen LogP contribution in [0.25, 0.3) is 0 Å². The van der Waals surface area contributed by atoms with E-state index in [1.165, 1.54) is 6.07 Å². The molecule has 154 valence electrons. The number of aromatic nitrogens is 2. The highest BCUT2D eigenvalue weighted by molar-refractivity contribution is 5.90. The Morgan fingerprint density at radius 3 is 2.93 bits per heavy atom. The van der Waals surface area contributed by atoms with Gasteiger partial charge in [-0.3, -0.25) is 9.79 Å². The summed E-state index contributed by atoms with van der Waals surface area (Å²) in [5, 5.41) is 9.22. The number of hydrogen-bond donors (Lipinski definition) is 3. The van der Waals surface area contributed by atoms with Crippen LogP contribution < -0.4 is 20.9 Å². The molecule has 1 unspecified atom stereocenters. The van der Waals surface area contributed by atoms with Crippen LogP contribution >= 0.6 is 0 Å². The maximum absolute atomic E-state index is 13.9. The number of pyridine rings is 2. The van der Waals surface area contributed by atoms with Crippen molar-refractivity contribution in [2.75, 3.05) is 36.9 Å². The largest absolute Gasteiger partial charge is 0.356 e. The van der Waals surface area contributed by atoms with Crippen LogP contribution in [0.1, 0.15) is 18.4 Å². The Kier molecular flexibility index (Phi) is 6.94. The molecule has 3 heterocycles. The first-order valence-electron chi connectivity index (χ1n) is 9.60. The number of nitrogens with one attached hydrogen (secondary N) is 3. The van der Waals surface area contributed by atoms with Gasteiger partial charge in [-0.2, -0.15) is 0 Å². The van der Waals surface area contributed by atoms with Crippen LogP contribution in [0, 0.1) is 12.7 Å². The average Bonchev–Trinajstić information content (AvgIpc) is 3.17. The number of halogens is 1. The molecule has 1 aliphatic rings. The lowest BCUT2D eigenvalue weighted by molar-refractivity contribution is -0.116. The molecule has 0 aliphatic carbocycles. The van der Waals surface area contributed by atoms with Crippen LogP contribution in [0.15, 0.2) is 41.7 Å². The SMILES string of the molecule is CN=C(NCCC(=O)Nc1ccc(C)cn1)NC1CCN(c2ncccc2F)C1. The molecular formula is C20H26FN7O. The molecule has 0 saturated carbocycles. The first kappa shape index (κ1) is 20.5. The number of anilines is 2. The van der Waals surface area contributed by atoms with Crippen LogP contribution in [-0.2, 0) is 4.79 Å². The van der Waals surface area contributed by atoms with E-state index in [9.17, 15) is 9.18 Å². The van der Waals surface area contributed by atoms with Gasteiger partial charge in [0.2, 0.25) is 5.91 Å². The fourth-order valence-electron chi connectivity index (χ4n) is 3.11. The molecule has 2 aromatic heterocycles. The predicted octanol–water partition coefficient (Wildman–Crippen LogP) is 1.70. The standard InChI is InChI=1S/C20H26FN7O/c1-14-5-6-17(25-12-14)27-18(29)7-10-24-20(22-2)26-15-8-11-28(13-15)19-16(21)4-3-9-23-19/h3-6,9,12,15H,7-8,10-11,13H2,1-2H3,(H2,22,24,26)(H,25,27,29). The molecule has 1 fully saturated rings. The summed E-state index contributed by atoms with van der Waals surface area (Å²) in [6.07, 6.45) is 4.43. The van der Waals surface area contributed by atoms with Gasteiger partial charge in [0.1, 0.15) is 5.82 Å². The van der Waals surface area contributed by atoms with Crippen molar-refractivity contribution in [2.24, 2.45) is 4.99 Å². The van der Waals surface area contributed by atoms with E-state index in [-0.39, 0.29) is 24.2 Å². The normalized spacial score (nSPS) is 16.6. The number of rotatable bonds is 6. The third-order valence-electron chi connectivity index (χ3n) is 4.61. The summed E-state index contributed by atoms with van der Waals surface area (Å²) in [6.45, 7) is 3.73. The molecule has 1 aliphatic heterocycles. The molecular weight excluding hydrogens is 373 g/mol. The van der Waals surface area contributed by atoms with Gasteiger partial charge in [-0.05, 0) is 37.1 Å². The lowest BCUT2D eigenvalue weighted by Gasteiger charge is -2.19. The van der Waals surface area contributed by atoms with Gasteiger partial charge < -0.3 is 20.9 Å². The number of hydrogen-bond acceptors (Lipinski definition) is 5. The van der Waals surface area contributed by atoms with E-state index >= 15 is 0 Å². The topological polar surface area (TPSA) is 94.5 Å². The zero-order valence-electron chi connectivity index (χ0n) is 16.7. The van der Waals surface area contributed by atoms with E-state index < -0.39 is 0 Å².